The van der Waals surface area contributed by atoms with E-state index in [9.17, 15) is 4.79 Å². The van der Waals surface area contributed by atoms with Gasteiger partial charge in [-0.15, -0.1) is 0 Å². The molecular weight excluding hydrogens is 250 g/mol. The van der Waals surface area contributed by atoms with Gasteiger partial charge in [0.05, 0.1) is 6.04 Å². The van der Waals surface area contributed by atoms with Crippen molar-refractivity contribution in [3.05, 3.63) is 36.0 Å². The Labute approximate surface area is 120 Å². The van der Waals surface area contributed by atoms with Gasteiger partial charge in [-0.1, -0.05) is 19.1 Å². The molecule has 2 aromatic rings. The van der Waals surface area contributed by atoms with Crippen molar-refractivity contribution in [3.63, 3.8) is 0 Å². The number of hydrogen-bond donors (Lipinski definition) is 3. The van der Waals surface area contributed by atoms with Crippen LogP contribution in [0.4, 0.5) is 0 Å². The molecule has 0 aliphatic heterocycles. The molecule has 0 bridgehead atoms. The molecule has 1 aromatic heterocycles. The highest BCUT2D eigenvalue weighted by Gasteiger charge is 2.14. The fraction of sp³-hybridized carbons (Fsp3) is 0.438. The van der Waals surface area contributed by atoms with E-state index < -0.39 is 0 Å². The van der Waals surface area contributed by atoms with Gasteiger partial charge >= 0.3 is 0 Å². The second kappa shape index (κ2) is 6.57. The predicted octanol–water partition coefficient (Wildman–Crippen LogP) is 2.56. The van der Waals surface area contributed by atoms with Crippen molar-refractivity contribution in [2.75, 3.05) is 0 Å². The van der Waals surface area contributed by atoms with Crippen LogP contribution in [0.3, 0.4) is 0 Å². The lowest BCUT2D eigenvalue weighted by Gasteiger charge is -2.17. The summed E-state index contributed by atoms with van der Waals surface area (Å²) in [6.45, 7) is 6.67. The van der Waals surface area contributed by atoms with Crippen LogP contribution in [-0.2, 0) is 11.3 Å². The lowest BCUT2D eigenvalue weighted by molar-refractivity contribution is -0.123. The number of nitrogens with one attached hydrogen (secondary N) is 3. The van der Waals surface area contributed by atoms with E-state index in [2.05, 4.69) is 40.7 Å². The first-order valence-electron chi connectivity index (χ1n) is 7.20. The molecule has 0 radical (unpaired) electrons. The van der Waals surface area contributed by atoms with E-state index in [0.717, 1.165) is 11.9 Å². The van der Waals surface area contributed by atoms with E-state index in [0.29, 0.717) is 6.54 Å². The summed E-state index contributed by atoms with van der Waals surface area (Å²) >= 11 is 0. The number of H-pyrrole nitrogens is 1. The Morgan fingerprint density at radius 3 is 2.85 bits per heavy atom. The zero-order chi connectivity index (χ0) is 14.5. The zero-order valence-electron chi connectivity index (χ0n) is 12.4. The van der Waals surface area contributed by atoms with Gasteiger partial charge in [-0.05, 0) is 38.0 Å². The number of rotatable bonds is 6. The van der Waals surface area contributed by atoms with E-state index in [1.165, 1.54) is 10.9 Å². The Kier molecular flexibility index (Phi) is 4.79. The molecule has 2 unspecified atom stereocenters. The Morgan fingerprint density at radius 1 is 1.30 bits per heavy atom. The van der Waals surface area contributed by atoms with Crippen LogP contribution in [0.15, 0.2) is 30.5 Å². The summed E-state index contributed by atoms with van der Waals surface area (Å²) < 4.78 is 0. The molecule has 4 heteroatoms. The fourth-order valence-electron chi connectivity index (χ4n) is 2.13. The van der Waals surface area contributed by atoms with Crippen molar-refractivity contribution in [1.82, 2.24) is 15.6 Å². The minimum atomic E-state index is -0.196. The molecule has 1 amide bonds. The van der Waals surface area contributed by atoms with Crippen molar-refractivity contribution in [1.29, 1.82) is 0 Å². The lowest BCUT2D eigenvalue weighted by atomic mass is 10.1. The summed E-state index contributed by atoms with van der Waals surface area (Å²) in [7, 11) is 0. The number of hydrogen-bond acceptors (Lipinski definition) is 2. The van der Waals surface area contributed by atoms with Gasteiger partial charge in [0.2, 0.25) is 5.91 Å². The molecule has 1 heterocycles. The van der Waals surface area contributed by atoms with E-state index in [1.807, 2.05) is 26.1 Å². The predicted molar refractivity (Wildman–Crippen MR) is 82.5 cm³/mol. The van der Waals surface area contributed by atoms with Crippen LogP contribution in [0.1, 0.15) is 32.8 Å². The molecule has 2 rings (SSSR count). The van der Waals surface area contributed by atoms with Crippen molar-refractivity contribution in [2.45, 2.75) is 45.8 Å². The first kappa shape index (κ1) is 14.6. The van der Waals surface area contributed by atoms with Gasteiger partial charge in [0, 0.05) is 29.7 Å². The Hall–Kier alpha value is -1.81. The lowest BCUT2D eigenvalue weighted by Crippen LogP contribution is -2.45. The molecule has 3 N–H and O–H groups in total. The molecule has 4 nitrogen and oxygen atoms in total. The van der Waals surface area contributed by atoms with Gasteiger partial charge in [-0.2, -0.15) is 0 Å². The second-order valence-corrected chi connectivity index (χ2v) is 5.28. The van der Waals surface area contributed by atoms with Crippen molar-refractivity contribution in [2.24, 2.45) is 0 Å². The van der Waals surface area contributed by atoms with Crippen LogP contribution in [0.25, 0.3) is 10.9 Å². The maximum Gasteiger partial charge on any atom is 0.237 e. The Bertz CT molecular complexity index is 576. The molecule has 0 fully saturated rings. The third-order valence-electron chi connectivity index (χ3n) is 3.68. The maximum atomic E-state index is 12.0. The number of benzene rings is 1. The largest absolute Gasteiger partial charge is 0.361 e. The third-order valence-corrected chi connectivity index (χ3v) is 3.68. The van der Waals surface area contributed by atoms with E-state index in [1.54, 1.807) is 0 Å². The van der Waals surface area contributed by atoms with Gasteiger partial charge in [0.15, 0.2) is 0 Å². The monoisotopic (exact) mass is 273 g/mol. The topological polar surface area (TPSA) is 56.9 Å². The quantitative estimate of drug-likeness (QED) is 0.757. The maximum absolute atomic E-state index is 12.0. The number of carbonyl (C=O) groups excluding carboxylic acids is 1. The van der Waals surface area contributed by atoms with Crippen molar-refractivity contribution >= 4 is 16.8 Å². The summed E-state index contributed by atoms with van der Waals surface area (Å²) in [5.74, 6) is 0.0561. The standard InChI is InChI=1S/C16H23N3O/c1-4-11(2)19-16(20)12(3)18-10-13-6-5-7-15-14(13)8-9-17-15/h5-9,11-12,17-18H,4,10H2,1-3H3,(H,19,20). The van der Waals surface area contributed by atoms with Gasteiger partial charge in [-0.3, -0.25) is 4.79 Å². The SMILES string of the molecule is CCC(C)NC(=O)C(C)NCc1cccc2[nH]ccc12. The number of amides is 1. The Morgan fingerprint density at radius 2 is 2.10 bits per heavy atom. The zero-order valence-corrected chi connectivity index (χ0v) is 12.4. The van der Waals surface area contributed by atoms with Crippen LogP contribution in [0.5, 0.6) is 0 Å². The highest BCUT2D eigenvalue weighted by atomic mass is 16.2. The molecular formula is C16H23N3O. The van der Waals surface area contributed by atoms with Gasteiger partial charge in [-0.25, -0.2) is 0 Å². The highest BCUT2D eigenvalue weighted by molar-refractivity contribution is 5.83. The Balaban J connectivity index is 1.94. The van der Waals surface area contributed by atoms with Gasteiger partial charge in [0.1, 0.15) is 0 Å². The molecule has 1 aromatic carbocycles. The minimum absolute atomic E-state index is 0.0561. The highest BCUT2D eigenvalue weighted by Crippen LogP contribution is 2.17. The van der Waals surface area contributed by atoms with Gasteiger partial charge in [0.25, 0.3) is 0 Å². The number of fused-ring (bicyclic) bond motifs is 1. The first-order valence-corrected chi connectivity index (χ1v) is 7.20. The molecule has 2 atom stereocenters. The summed E-state index contributed by atoms with van der Waals surface area (Å²) in [4.78, 5) is 15.2. The van der Waals surface area contributed by atoms with Gasteiger partial charge < -0.3 is 15.6 Å². The summed E-state index contributed by atoms with van der Waals surface area (Å²) in [6.07, 6.45) is 2.88. The average molecular weight is 273 g/mol. The van der Waals surface area contributed by atoms with Crippen molar-refractivity contribution < 1.29 is 4.79 Å². The number of aromatic amines is 1. The number of aromatic nitrogens is 1. The summed E-state index contributed by atoms with van der Waals surface area (Å²) in [5.41, 5.74) is 2.33. The van der Waals surface area contributed by atoms with E-state index in [4.69, 9.17) is 0 Å². The van der Waals surface area contributed by atoms with Crippen LogP contribution >= 0.6 is 0 Å². The van der Waals surface area contributed by atoms with Crippen LogP contribution in [0.2, 0.25) is 0 Å². The first-order chi connectivity index (χ1) is 9.61. The van der Waals surface area contributed by atoms with E-state index >= 15 is 0 Å². The van der Waals surface area contributed by atoms with E-state index in [-0.39, 0.29) is 18.0 Å². The smallest absolute Gasteiger partial charge is 0.237 e. The average Bonchev–Trinajstić information content (AvgIpc) is 2.93. The molecule has 0 aliphatic rings. The molecule has 108 valence electrons. The summed E-state index contributed by atoms with van der Waals surface area (Å²) in [6, 6.07) is 8.26. The summed E-state index contributed by atoms with van der Waals surface area (Å²) in [5, 5.41) is 7.48. The molecule has 0 spiro atoms. The minimum Gasteiger partial charge on any atom is -0.361 e. The molecule has 20 heavy (non-hydrogen) atoms. The third kappa shape index (κ3) is 3.39. The van der Waals surface area contributed by atoms with Crippen LogP contribution < -0.4 is 10.6 Å². The normalized spacial score (nSPS) is 14.2. The number of carbonyl (C=O) groups is 1. The fourth-order valence-corrected chi connectivity index (χ4v) is 2.13. The molecule has 0 saturated carbocycles. The second-order valence-electron chi connectivity index (χ2n) is 5.28. The van der Waals surface area contributed by atoms with Crippen LogP contribution in [-0.4, -0.2) is 23.0 Å². The van der Waals surface area contributed by atoms with Crippen molar-refractivity contribution in [3.8, 4) is 0 Å². The molecule has 0 saturated heterocycles. The molecule has 0 aliphatic carbocycles. The van der Waals surface area contributed by atoms with Crippen LogP contribution in [0, 0.1) is 0 Å².